The second kappa shape index (κ2) is 4.75. The highest BCUT2D eigenvalue weighted by Crippen LogP contribution is 2.27. The van der Waals surface area contributed by atoms with Gasteiger partial charge in [0.15, 0.2) is 0 Å². The Labute approximate surface area is 98.7 Å². The van der Waals surface area contributed by atoms with Crippen LogP contribution in [0.3, 0.4) is 0 Å². The molecule has 7 heteroatoms. The maximum Gasteiger partial charge on any atom is 0.203 e. The van der Waals surface area contributed by atoms with E-state index >= 15 is 0 Å². The summed E-state index contributed by atoms with van der Waals surface area (Å²) in [5, 5.41) is 8.55. The third kappa shape index (κ3) is 2.67. The van der Waals surface area contributed by atoms with Crippen LogP contribution in [0.25, 0.3) is 0 Å². The number of rotatable bonds is 3. The molecule has 0 bridgehead atoms. The van der Waals surface area contributed by atoms with Gasteiger partial charge >= 0.3 is 0 Å². The van der Waals surface area contributed by atoms with Crippen molar-refractivity contribution in [3.63, 3.8) is 0 Å². The highest BCUT2D eigenvalue weighted by Gasteiger charge is 2.07. The van der Waals surface area contributed by atoms with E-state index in [0.717, 1.165) is 6.07 Å². The summed E-state index contributed by atoms with van der Waals surface area (Å²) in [4.78, 5) is 0.384. The van der Waals surface area contributed by atoms with Gasteiger partial charge in [-0.25, -0.2) is 8.78 Å². The van der Waals surface area contributed by atoms with E-state index in [9.17, 15) is 8.78 Å². The Kier molecular flexibility index (Phi) is 3.35. The Hall–Kier alpha value is -1.21. The van der Waals surface area contributed by atoms with Crippen LogP contribution in [0.5, 0.6) is 0 Å². The quantitative estimate of drug-likeness (QED) is 0.861. The number of anilines is 1. The molecule has 0 unspecified atom stereocenters. The van der Waals surface area contributed by atoms with Crippen molar-refractivity contribution in [2.24, 2.45) is 0 Å². The van der Waals surface area contributed by atoms with Gasteiger partial charge in [-0.3, -0.25) is 0 Å². The molecule has 2 rings (SSSR count). The van der Waals surface area contributed by atoms with Crippen LogP contribution in [0.2, 0.25) is 0 Å². The molecule has 0 saturated carbocycles. The molecule has 0 saturated heterocycles. The first-order valence-electron chi connectivity index (χ1n) is 4.31. The molecule has 16 heavy (non-hydrogen) atoms. The van der Waals surface area contributed by atoms with E-state index in [1.54, 1.807) is 0 Å². The Balaban J connectivity index is 2.04. The lowest BCUT2D eigenvalue weighted by atomic mass is 10.3. The highest BCUT2D eigenvalue weighted by atomic mass is 32.2. The molecule has 0 fully saturated rings. The van der Waals surface area contributed by atoms with Crippen LogP contribution in [0.15, 0.2) is 23.1 Å². The molecule has 84 valence electrons. The molecule has 2 N–H and O–H groups in total. The molecule has 1 aromatic carbocycles. The summed E-state index contributed by atoms with van der Waals surface area (Å²) in [5.74, 6) is -0.679. The third-order valence-electron chi connectivity index (χ3n) is 1.73. The van der Waals surface area contributed by atoms with E-state index in [4.69, 9.17) is 5.73 Å². The molecule has 0 atom stereocenters. The van der Waals surface area contributed by atoms with Crippen LogP contribution in [0.1, 0.15) is 5.01 Å². The van der Waals surface area contributed by atoms with Crippen LogP contribution in [-0.2, 0) is 5.75 Å². The first-order chi connectivity index (χ1) is 7.65. The number of thioether (sulfide) groups is 1. The van der Waals surface area contributed by atoms with Gasteiger partial charge in [0.25, 0.3) is 0 Å². The molecule has 2 aromatic rings. The van der Waals surface area contributed by atoms with Gasteiger partial charge in [0.05, 0.1) is 5.75 Å². The second-order valence-electron chi connectivity index (χ2n) is 2.90. The highest BCUT2D eigenvalue weighted by molar-refractivity contribution is 7.98. The van der Waals surface area contributed by atoms with Crippen LogP contribution in [-0.4, -0.2) is 10.2 Å². The topological polar surface area (TPSA) is 51.8 Å². The zero-order chi connectivity index (χ0) is 11.5. The van der Waals surface area contributed by atoms with E-state index in [1.165, 1.54) is 35.2 Å². The molecule has 0 spiro atoms. The fraction of sp³-hybridized carbons (Fsp3) is 0.111. The largest absolute Gasteiger partial charge is 0.374 e. The van der Waals surface area contributed by atoms with Gasteiger partial charge in [-0.1, -0.05) is 11.3 Å². The number of halogens is 2. The molecular formula is C9H7F2N3S2. The SMILES string of the molecule is Nc1nnc(CSc2ccc(F)cc2F)s1. The molecule has 0 radical (unpaired) electrons. The number of aromatic nitrogens is 2. The van der Waals surface area contributed by atoms with Gasteiger partial charge in [0.2, 0.25) is 5.13 Å². The molecule has 0 aliphatic heterocycles. The summed E-state index contributed by atoms with van der Waals surface area (Å²) in [7, 11) is 0. The van der Waals surface area contributed by atoms with Gasteiger partial charge in [-0.2, -0.15) is 0 Å². The monoisotopic (exact) mass is 259 g/mol. The maximum atomic E-state index is 13.2. The van der Waals surface area contributed by atoms with E-state index in [1.807, 2.05) is 0 Å². The van der Waals surface area contributed by atoms with Crippen LogP contribution in [0.4, 0.5) is 13.9 Å². The summed E-state index contributed by atoms with van der Waals surface area (Å²) in [6.45, 7) is 0. The molecular weight excluding hydrogens is 252 g/mol. The van der Waals surface area contributed by atoms with E-state index < -0.39 is 11.6 Å². The summed E-state index contributed by atoms with van der Waals surface area (Å²) >= 11 is 2.49. The van der Waals surface area contributed by atoms with Crippen LogP contribution in [0, 0.1) is 11.6 Å². The fourth-order valence-electron chi connectivity index (χ4n) is 1.06. The summed E-state index contributed by atoms with van der Waals surface area (Å²) in [6, 6.07) is 3.48. The first-order valence-corrected chi connectivity index (χ1v) is 6.11. The van der Waals surface area contributed by atoms with Crippen molar-refractivity contribution in [2.75, 3.05) is 5.73 Å². The Morgan fingerprint density at radius 3 is 2.75 bits per heavy atom. The molecule has 3 nitrogen and oxygen atoms in total. The Morgan fingerprint density at radius 2 is 2.12 bits per heavy atom. The number of benzene rings is 1. The van der Waals surface area contributed by atoms with Crippen molar-refractivity contribution in [1.29, 1.82) is 0 Å². The van der Waals surface area contributed by atoms with Crippen molar-refractivity contribution in [3.05, 3.63) is 34.8 Å². The minimum Gasteiger partial charge on any atom is -0.374 e. The molecule has 0 aliphatic rings. The maximum absolute atomic E-state index is 13.2. The standard InChI is InChI=1S/C9H7F2N3S2/c10-5-1-2-7(6(11)3-5)15-4-8-13-14-9(12)16-8/h1-3H,4H2,(H2,12,14). The van der Waals surface area contributed by atoms with E-state index in [0.29, 0.717) is 20.8 Å². The smallest absolute Gasteiger partial charge is 0.203 e. The molecule has 0 aliphatic carbocycles. The average molecular weight is 259 g/mol. The Morgan fingerprint density at radius 1 is 1.31 bits per heavy atom. The average Bonchev–Trinajstić information content (AvgIpc) is 2.63. The predicted molar refractivity (Wildman–Crippen MR) is 60.2 cm³/mol. The number of hydrogen-bond acceptors (Lipinski definition) is 5. The van der Waals surface area contributed by atoms with Crippen molar-refractivity contribution < 1.29 is 8.78 Å². The lowest BCUT2D eigenvalue weighted by molar-refractivity contribution is 0.565. The van der Waals surface area contributed by atoms with Gasteiger partial charge in [0.1, 0.15) is 16.6 Å². The molecule has 0 amide bonds. The fourth-order valence-corrected chi connectivity index (χ4v) is 2.57. The molecule has 1 aromatic heterocycles. The zero-order valence-electron chi connectivity index (χ0n) is 7.98. The van der Waals surface area contributed by atoms with E-state index in [-0.39, 0.29) is 0 Å². The number of nitrogen functional groups attached to an aromatic ring is 1. The van der Waals surface area contributed by atoms with Gasteiger partial charge in [0, 0.05) is 11.0 Å². The lowest BCUT2D eigenvalue weighted by Crippen LogP contribution is -1.85. The van der Waals surface area contributed by atoms with Crippen LogP contribution < -0.4 is 5.73 Å². The van der Waals surface area contributed by atoms with E-state index in [2.05, 4.69) is 10.2 Å². The van der Waals surface area contributed by atoms with Crippen molar-refractivity contribution in [3.8, 4) is 0 Å². The normalized spacial score (nSPS) is 10.6. The number of nitrogens with zero attached hydrogens (tertiary/aromatic N) is 2. The Bertz CT molecular complexity index is 501. The predicted octanol–water partition coefficient (Wildman–Crippen LogP) is 2.69. The van der Waals surface area contributed by atoms with Gasteiger partial charge in [-0.05, 0) is 12.1 Å². The summed E-state index contributed by atoms with van der Waals surface area (Å²) in [5.41, 5.74) is 5.41. The first kappa shape index (κ1) is 11.3. The van der Waals surface area contributed by atoms with Crippen molar-refractivity contribution in [1.82, 2.24) is 10.2 Å². The second-order valence-corrected chi connectivity index (χ2v) is 5.01. The minimum atomic E-state index is -0.581. The number of hydrogen-bond donors (Lipinski definition) is 1. The summed E-state index contributed by atoms with van der Waals surface area (Å²) < 4.78 is 25.9. The van der Waals surface area contributed by atoms with Crippen molar-refractivity contribution >= 4 is 28.2 Å². The van der Waals surface area contributed by atoms with Crippen LogP contribution >= 0.6 is 23.1 Å². The van der Waals surface area contributed by atoms with Gasteiger partial charge < -0.3 is 5.73 Å². The summed E-state index contributed by atoms with van der Waals surface area (Å²) in [6.07, 6.45) is 0. The van der Waals surface area contributed by atoms with Gasteiger partial charge in [-0.15, -0.1) is 22.0 Å². The van der Waals surface area contributed by atoms with Crippen molar-refractivity contribution in [2.45, 2.75) is 10.6 Å². The number of nitrogens with two attached hydrogens (primary N) is 1. The lowest BCUT2D eigenvalue weighted by Gasteiger charge is -2.00. The molecule has 1 heterocycles. The third-order valence-corrected chi connectivity index (χ3v) is 3.72. The minimum absolute atomic E-state index is 0.384. The zero-order valence-corrected chi connectivity index (χ0v) is 9.62.